The zero-order valence-corrected chi connectivity index (χ0v) is 10.1. The average Bonchev–Trinajstić information content (AvgIpc) is 2.34. The van der Waals surface area contributed by atoms with Gasteiger partial charge in [0.25, 0.3) is 0 Å². The smallest absolute Gasteiger partial charge is 0.140 e. The zero-order chi connectivity index (χ0) is 12.3. The van der Waals surface area contributed by atoms with E-state index in [4.69, 9.17) is 15.7 Å². The van der Waals surface area contributed by atoms with Gasteiger partial charge in [-0.25, -0.2) is 0 Å². The first kappa shape index (κ1) is 11.9. The number of aryl methyl sites for hydroxylation is 1. The van der Waals surface area contributed by atoms with Gasteiger partial charge in [0.2, 0.25) is 0 Å². The third-order valence-electron chi connectivity index (χ3n) is 3.34. The van der Waals surface area contributed by atoms with Crippen LogP contribution in [0.5, 0.6) is 5.75 Å². The standard InChI is InChI=1S/C14H18N2O/c1-10-3-2-4-11(9-15)14(10)17-13-7-5-12(16)6-8-13/h2-4,12-13H,5-8,16H2,1H3. The normalized spacial score (nSPS) is 24.1. The van der Waals surface area contributed by atoms with Gasteiger partial charge >= 0.3 is 0 Å². The molecule has 0 atom stereocenters. The highest BCUT2D eigenvalue weighted by atomic mass is 16.5. The number of nitrogens with zero attached hydrogens (tertiary/aromatic N) is 1. The van der Waals surface area contributed by atoms with Crippen LogP contribution in [-0.2, 0) is 0 Å². The number of nitrogens with two attached hydrogens (primary N) is 1. The van der Waals surface area contributed by atoms with Gasteiger partial charge in [0.05, 0.1) is 11.7 Å². The summed E-state index contributed by atoms with van der Waals surface area (Å²) in [6, 6.07) is 8.17. The molecule has 1 aromatic carbocycles. The predicted octanol–water partition coefficient (Wildman–Crippen LogP) is 2.52. The maximum atomic E-state index is 9.06. The van der Waals surface area contributed by atoms with Crippen LogP contribution in [0.3, 0.4) is 0 Å². The Morgan fingerprint density at radius 1 is 1.29 bits per heavy atom. The Morgan fingerprint density at radius 3 is 2.65 bits per heavy atom. The summed E-state index contributed by atoms with van der Waals surface area (Å²) in [5, 5.41) is 9.06. The van der Waals surface area contributed by atoms with Crippen LogP contribution in [-0.4, -0.2) is 12.1 Å². The number of rotatable bonds is 2. The van der Waals surface area contributed by atoms with E-state index >= 15 is 0 Å². The fourth-order valence-corrected chi connectivity index (χ4v) is 2.27. The topological polar surface area (TPSA) is 59.0 Å². The van der Waals surface area contributed by atoms with Gasteiger partial charge in [0.1, 0.15) is 11.8 Å². The van der Waals surface area contributed by atoms with Gasteiger partial charge in [0.15, 0.2) is 0 Å². The Bertz CT molecular complexity index is 428. The van der Waals surface area contributed by atoms with Crippen LogP contribution in [0.15, 0.2) is 18.2 Å². The molecule has 0 unspecified atom stereocenters. The van der Waals surface area contributed by atoms with Gasteiger partial charge in [-0.15, -0.1) is 0 Å². The summed E-state index contributed by atoms with van der Waals surface area (Å²) in [4.78, 5) is 0. The lowest BCUT2D eigenvalue weighted by Gasteiger charge is -2.27. The quantitative estimate of drug-likeness (QED) is 0.849. The van der Waals surface area contributed by atoms with Crippen LogP contribution in [0.4, 0.5) is 0 Å². The maximum absolute atomic E-state index is 9.06. The van der Waals surface area contributed by atoms with Crippen molar-refractivity contribution in [3.8, 4) is 11.8 Å². The molecule has 17 heavy (non-hydrogen) atoms. The summed E-state index contributed by atoms with van der Waals surface area (Å²) in [7, 11) is 0. The van der Waals surface area contributed by atoms with Gasteiger partial charge in [-0.1, -0.05) is 12.1 Å². The molecule has 0 aliphatic heterocycles. The summed E-state index contributed by atoms with van der Waals surface area (Å²) >= 11 is 0. The van der Waals surface area contributed by atoms with Crippen LogP contribution in [0.1, 0.15) is 36.8 Å². The minimum absolute atomic E-state index is 0.211. The molecule has 1 aliphatic rings. The van der Waals surface area contributed by atoms with Crippen molar-refractivity contribution in [2.24, 2.45) is 5.73 Å². The zero-order valence-electron chi connectivity index (χ0n) is 10.1. The summed E-state index contributed by atoms with van der Waals surface area (Å²) in [5.41, 5.74) is 7.52. The van der Waals surface area contributed by atoms with E-state index in [9.17, 15) is 0 Å². The van der Waals surface area contributed by atoms with Gasteiger partial charge in [-0.05, 0) is 44.2 Å². The Balaban J connectivity index is 2.11. The highest BCUT2D eigenvalue weighted by molar-refractivity contribution is 5.47. The number of nitriles is 1. The molecule has 3 heteroatoms. The van der Waals surface area contributed by atoms with Crippen molar-refractivity contribution in [2.45, 2.75) is 44.8 Å². The minimum Gasteiger partial charge on any atom is -0.489 e. The highest BCUT2D eigenvalue weighted by Crippen LogP contribution is 2.28. The molecule has 2 rings (SSSR count). The van der Waals surface area contributed by atoms with E-state index < -0.39 is 0 Å². The third kappa shape index (κ3) is 2.78. The van der Waals surface area contributed by atoms with E-state index in [0.29, 0.717) is 11.6 Å². The van der Waals surface area contributed by atoms with Crippen molar-refractivity contribution >= 4 is 0 Å². The largest absolute Gasteiger partial charge is 0.489 e. The highest BCUT2D eigenvalue weighted by Gasteiger charge is 2.21. The van der Waals surface area contributed by atoms with Gasteiger partial charge in [-0.2, -0.15) is 5.26 Å². The Labute approximate surface area is 102 Å². The molecule has 3 nitrogen and oxygen atoms in total. The average molecular weight is 230 g/mol. The van der Waals surface area contributed by atoms with Gasteiger partial charge < -0.3 is 10.5 Å². The van der Waals surface area contributed by atoms with Gasteiger partial charge in [-0.3, -0.25) is 0 Å². The number of hydrogen-bond acceptors (Lipinski definition) is 3. The molecule has 0 radical (unpaired) electrons. The molecule has 1 saturated carbocycles. The van der Waals surface area contributed by atoms with E-state index in [1.807, 2.05) is 19.1 Å². The first-order valence-electron chi connectivity index (χ1n) is 6.12. The molecule has 1 fully saturated rings. The van der Waals surface area contributed by atoms with Crippen LogP contribution in [0.2, 0.25) is 0 Å². The number of para-hydroxylation sites is 1. The van der Waals surface area contributed by atoms with Crippen LogP contribution < -0.4 is 10.5 Å². The Hall–Kier alpha value is -1.53. The number of benzene rings is 1. The first-order valence-corrected chi connectivity index (χ1v) is 6.12. The van der Waals surface area contributed by atoms with Crippen molar-refractivity contribution < 1.29 is 4.74 Å². The van der Waals surface area contributed by atoms with Crippen molar-refractivity contribution in [1.29, 1.82) is 5.26 Å². The molecular weight excluding hydrogens is 212 g/mol. The van der Waals surface area contributed by atoms with Crippen molar-refractivity contribution in [2.75, 3.05) is 0 Å². The van der Waals surface area contributed by atoms with E-state index in [2.05, 4.69) is 6.07 Å². The Kier molecular flexibility index (Phi) is 3.65. The molecule has 0 saturated heterocycles. The summed E-state index contributed by atoms with van der Waals surface area (Å²) in [6.45, 7) is 1.98. The minimum atomic E-state index is 0.211. The molecule has 1 aliphatic carbocycles. The van der Waals surface area contributed by atoms with Crippen LogP contribution in [0, 0.1) is 18.3 Å². The molecule has 0 heterocycles. The molecular formula is C14H18N2O. The van der Waals surface area contributed by atoms with Crippen molar-refractivity contribution in [1.82, 2.24) is 0 Å². The molecule has 0 bridgehead atoms. The van der Waals surface area contributed by atoms with Gasteiger partial charge in [0, 0.05) is 6.04 Å². The number of ether oxygens (including phenoxy) is 1. The van der Waals surface area contributed by atoms with Crippen molar-refractivity contribution in [3.63, 3.8) is 0 Å². The van der Waals surface area contributed by atoms with E-state index in [-0.39, 0.29) is 6.10 Å². The second-order valence-electron chi connectivity index (χ2n) is 4.72. The molecule has 1 aromatic rings. The predicted molar refractivity (Wildman–Crippen MR) is 66.8 cm³/mol. The molecule has 0 aromatic heterocycles. The first-order chi connectivity index (χ1) is 8.20. The Morgan fingerprint density at radius 2 is 2.00 bits per heavy atom. The third-order valence-corrected chi connectivity index (χ3v) is 3.34. The second kappa shape index (κ2) is 5.20. The summed E-state index contributed by atoms with van der Waals surface area (Å²) < 4.78 is 5.98. The number of hydrogen-bond donors (Lipinski definition) is 1. The fraction of sp³-hybridized carbons (Fsp3) is 0.500. The molecule has 0 amide bonds. The van der Waals surface area contributed by atoms with E-state index in [0.717, 1.165) is 37.0 Å². The monoisotopic (exact) mass is 230 g/mol. The lowest BCUT2D eigenvalue weighted by Crippen LogP contribution is -2.31. The lowest BCUT2D eigenvalue weighted by atomic mass is 9.93. The van der Waals surface area contributed by atoms with Crippen LogP contribution in [0.25, 0.3) is 0 Å². The second-order valence-corrected chi connectivity index (χ2v) is 4.72. The fourth-order valence-electron chi connectivity index (χ4n) is 2.27. The molecule has 90 valence electrons. The molecule has 0 spiro atoms. The lowest BCUT2D eigenvalue weighted by molar-refractivity contribution is 0.146. The van der Waals surface area contributed by atoms with Crippen LogP contribution >= 0.6 is 0 Å². The van der Waals surface area contributed by atoms with Crippen molar-refractivity contribution in [3.05, 3.63) is 29.3 Å². The summed E-state index contributed by atoms with van der Waals surface area (Å²) in [5.74, 6) is 0.746. The summed E-state index contributed by atoms with van der Waals surface area (Å²) in [6.07, 6.45) is 4.21. The van der Waals surface area contributed by atoms with E-state index in [1.165, 1.54) is 0 Å². The molecule has 2 N–H and O–H groups in total. The van der Waals surface area contributed by atoms with E-state index in [1.54, 1.807) is 6.07 Å². The SMILES string of the molecule is Cc1cccc(C#N)c1OC1CCC(N)CC1. The maximum Gasteiger partial charge on any atom is 0.140 e.